The topological polar surface area (TPSA) is 88.3 Å². The molecule has 1 amide bonds. The molecule has 1 aliphatic rings. The number of nitrogens with zero attached hydrogens (tertiary/aromatic N) is 3. The van der Waals surface area contributed by atoms with Gasteiger partial charge in [-0.3, -0.25) is 9.69 Å². The van der Waals surface area contributed by atoms with Gasteiger partial charge in [0.25, 0.3) is 17.6 Å². The van der Waals surface area contributed by atoms with Gasteiger partial charge < -0.3 is 14.6 Å². The molecule has 1 saturated heterocycles. The maximum Gasteiger partial charge on any atom is 0.297 e. The van der Waals surface area contributed by atoms with Crippen molar-refractivity contribution in [3.8, 4) is 11.5 Å². The zero-order chi connectivity index (χ0) is 18.6. The van der Waals surface area contributed by atoms with Gasteiger partial charge in [0.2, 0.25) is 0 Å². The molecule has 136 valence electrons. The van der Waals surface area contributed by atoms with Crippen LogP contribution in [0.5, 0.6) is 0 Å². The predicted molar refractivity (Wildman–Crippen MR) is 99.0 cm³/mol. The van der Waals surface area contributed by atoms with Gasteiger partial charge in [-0.2, -0.15) is 4.98 Å². The summed E-state index contributed by atoms with van der Waals surface area (Å²) in [5.74, 6) is 0.000765. The van der Waals surface area contributed by atoms with Crippen LogP contribution in [0.25, 0.3) is 11.5 Å². The lowest BCUT2D eigenvalue weighted by molar-refractivity contribution is -0.115. The highest BCUT2D eigenvalue weighted by Gasteiger charge is 2.25. The lowest BCUT2D eigenvalue weighted by Gasteiger charge is -2.36. The SMILES string of the molecule is O=CC1CN(Cc2cccc(NC(=O)c3noc(-c4ccccc4)n3)c2)C1. The molecule has 0 aliphatic carbocycles. The van der Waals surface area contributed by atoms with Gasteiger partial charge in [-0.15, -0.1) is 0 Å². The number of aldehydes is 1. The van der Waals surface area contributed by atoms with Crippen LogP contribution in [-0.4, -0.2) is 40.3 Å². The summed E-state index contributed by atoms with van der Waals surface area (Å²) >= 11 is 0. The third-order valence-corrected chi connectivity index (χ3v) is 4.42. The van der Waals surface area contributed by atoms with E-state index in [1.807, 2.05) is 54.6 Å². The number of nitrogens with one attached hydrogen (secondary N) is 1. The molecule has 7 heteroatoms. The van der Waals surface area contributed by atoms with Gasteiger partial charge in [-0.05, 0) is 29.8 Å². The van der Waals surface area contributed by atoms with Crippen LogP contribution >= 0.6 is 0 Å². The van der Waals surface area contributed by atoms with E-state index in [0.717, 1.165) is 37.0 Å². The van der Waals surface area contributed by atoms with Crippen LogP contribution in [0.1, 0.15) is 16.2 Å². The molecule has 1 N–H and O–H groups in total. The number of anilines is 1. The van der Waals surface area contributed by atoms with E-state index in [0.29, 0.717) is 11.6 Å². The molecule has 1 aromatic heterocycles. The Morgan fingerprint density at radius 2 is 2.00 bits per heavy atom. The number of hydrogen-bond donors (Lipinski definition) is 1. The fraction of sp³-hybridized carbons (Fsp3) is 0.200. The molecule has 7 nitrogen and oxygen atoms in total. The van der Waals surface area contributed by atoms with Gasteiger partial charge in [-0.25, -0.2) is 0 Å². The Kier molecular flexibility index (Phi) is 4.76. The van der Waals surface area contributed by atoms with Crippen LogP contribution in [0, 0.1) is 5.92 Å². The summed E-state index contributed by atoms with van der Waals surface area (Å²) in [5.41, 5.74) is 2.49. The van der Waals surface area contributed by atoms with Crippen molar-refractivity contribution in [3.05, 3.63) is 66.0 Å². The Balaban J connectivity index is 1.40. The summed E-state index contributed by atoms with van der Waals surface area (Å²) in [5, 5.41) is 6.55. The standard InChI is InChI=1S/C20H18N4O3/c25-13-15-11-24(12-15)10-14-5-4-8-17(9-14)21-19(26)18-22-20(27-23-18)16-6-2-1-3-7-16/h1-9,13,15H,10-12H2,(H,21,26). The van der Waals surface area contributed by atoms with Gasteiger partial charge in [-0.1, -0.05) is 35.5 Å². The molecule has 1 fully saturated rings. The van der Waals surface area contributed by atoms with Crippen LogP contribution in [0.4, 0.5) is 5.69 Å². The zero-order valence-electron chi connectivity index (χ0n) is 14.5. The fourth-order valence-electron chi connectivity index (χ4n) is 3.03. The molecule has 0 unspecified atom stereocenters. The number of amides is 1. The van der Waals surface area contributed by atoms with Crippen molar-refractivity contribution in [2.45, 2.75) is 6.54 Å². The van der Waals surface area contributed by atoms with Crippen molar-refractivity contribution >= 4 is 17.9 Å². The van der Waals surface area contributed by atoms with Crippen LogP contribution in [0.3, 0.4) is 0 Å². The Morgan fingerprint density at radius 3 is 2.78 bits per heavy atom. The predicted octanol–water partition coefficient (Wildman–Crippen LogP) is 2.62. The summed E-state index contributed by atoms with van der Waals surface area (Å²) in [4.78, 5) is 29.4. The second-order valence-corrected chi connectivity index (χ2v) is 6.53. The minimum Gasteiger partial charge on any atom is -0.333 e. The molecule has 3 aromatic rings. The Morgan fingerprint density at radius 1 is 1.19 bits per heavy atom. The van der Waals surface area contributed by atoms with Gasteiger partial charge in [0.05, 0.1) is 0 Å². The number of carbonyl (C=O) groups excluding carboxylic acids is 2. The second kappa shape index (κ2) is 7.51. The van der Waals surface area contributed by atoms with E-state index in [9.17, 15) is 9.59 Å². The van der Waals surface area contributed by atoms with Crippen molar-refractivity contribution in [1.82, 2.24) is 15.0 Å². The molecular weight excluding hydrogens is 344 g/mol. The van der Waals surface area contributed by atoms with Crippen LogP contribution < -0.4 is 5.32 Å². The Hall–Kier alpha value is -3.32. The molecule has 2 heterocycles. The maximum absolute atomic E-state index is 12.4. The van der Waals surface area contributed by atoms with E-state index < -0.39 is 5.91 Å². The minimum atomic E-state index is -0.428. The third kappa shape index (κ3) is 3.93. The molecule has 0 atom stereocenters. The third-order valence-electron chi connectivity index (χ3n) is 4.42. The van der Waals surface area contributed by atoms with Gasteiger partial charge in [0, 0.05) is 36.8 Å². The first kappa shape index (κ1) is 17.1. The van der Waals surface area contributed by atoms with Gasteiger partial charge in [0.1, 0.15) is 6.29 Å². The van der Waals surface area contributed by atoms with Crippen LogP contribution in [-0.2, 0) is 11.3 Å². The van der Waals surface area contributed by atoms with Crippen molar-refractivity contribution < 1.29 is 14.1 Å². The first-order valence-corrected chi connectivity index (χ1v) is 8.68. The normalized spacial score (nSPS) is 14.5. The lowest BCUT2D eigenvalue weighted by atomic mass is 10.0. The molecular formula is C20H18N4O3. The van der Waals surface area contributed by atoms with Crippen molar-refractivity contribution in [2.75, 3.05) is 18.4 Å². The monoisotopic (exact) mass is 362 g/mol. The van der Waals surface area contributed by atoms with Gasteiger partial charge in [0.15, 0.2) is 0 Å². The highest BCUT2D eigenvalue weighted by Crippen LogP contribution is 2.20. The number of aromatic nitrogens is 2. The quantitative estimate of drug-likeness (QED) is 0.678. The molecule has 2 aromatic carbocycles. The molecule has 1 aliphatic heterocycles. The first-order valence-electron chi connectivity index (χ1n) is 8.68. The number of carbonyl (C=O) groups is 2. The van der Waals surface area contributed by atoms with Crippen molar-refractivity contribution in [1.29, 1.82) is 0 Å². The number of benzene rings is 2. The first-order chi connectivity index (χ1) is 13.2. The average Bonchev–Trinajstić information content (AvgIpc) is 3.16. The highest BCUT2D eigenvalue weighted by atomic mass is 16.5. The molecule has 4 rings (SSSR count). The summed E-state index contributed by atoms with van der Waals surface area (Å²) < 4.78 is 5.17. The van der Waals surface area contributed by atoms with Crippen LogP contribution in [0.2, 0.25) is 0 Å². The number of rotatable bonds is 6. The lowest BCUT2D eigenvalue weighted by Crippen LogP contribution is -2.46. The highest BCUT2D eigenvalue weighted by molar-refractivity contribution is 6.01. The molecule has 0 spiro atoms. The second-order valence-electron chi connectivity index (χ2n) is 6.53. The van der Waals surface area contributed by atoms with Crippen LogP contribution in [0.15, 0.2) is 59.1 Å². The van der Waals surface area contributed by atoms with E-state index >= 15 is 0 Å². The van der Waals surface area contributed by atoms with E-state index in [1.165, 1.54) is 0 Å². The summed E-state index contributed by atoms with van der Waals surface area (Å²) in [6, 6.07) is 16.9. The Bertz CT molecular complexity index is 949. The van der Waals surface area contributed by atoms with Crippen molar-refractivity contribution in [2.24, 2.45) is 5.92 Å². The summed E-state index contributed by atoms with van der Waals surface area (Å²) in [7, 11) is 0. The fourth-order valence-corrected chi connectivity index (χ4v) is 3.03. The largest absolute Gasteiger partial charge is 0.333 e. The van der Waals surface area contributed by atoms with E-state index in [2.05, 4.69) is 20.4 Å². The molecule has 0 saturated carbocycles. The number of hydrogen-bond acceptors (Lipinski definition) is 6. The average molecular weight is 362 g/mol. The molecule has 27 heavy (non-hydrogen) atoms. The van der Waals surface area contributed by atoms with Gasteiger partial charge >= 0.3 is 0 Å². The zero-order valence-corrected chi connectivity index (χ0v) is 14.5. The molecule has 0 bridgehead atoms. The van der Waals surface area contributed by atoms with E-state index in [1.54, 1.807) is 0 Å². The van der Waals surface area contributed by atoms with E-state index in [-0.39, 0.29) is 11.7 Å². The Labute approximate surface area is 156 Å². The maximum atomic E-state index is 12.4. The number of likely N-dealkylation sites (tertiary alicyclic amines) is 1. The summed E-state index contributed by atoms with van der Waals surface area (Å²) in [6.07, 6.45) is 1.00. The smallest absolute Gasteiger partial charge is 0.297 e. The van der Waals surface area contributed by atoms with Crippen molar-refractivity contribution in [3.63, 3.8) is 0 Å². The summed E-state index contributed by atoms with van der Waals surface area (Å²) in [6.45, 7) is 2.31. The molecule has 0 radical (unpaired) electrons. The minimum absolute atomic E-state index is 0.0178. The van der Waals surface area contributed by atoms with E-state index in [4.69, 9.17) is 4.52 Å².